The Labute approximate surface area is 193 Å². The van der Waals surface area contributed by atoms with Crippen molar-refractivity contribution in [3.05, 3.63) is 24.0 Å². The minimum Gasteiger partial charge on any atom is -0.481 e. The maximum atomic E-state index is 14.9. The van der Waals surface area contributed by atoms with Gasteiger partial charge >= 0.3 is 5.97 Å². The van der Waals surface area contributed by atoms with Gasteiger partial charge in [0.1, 0.15) is 11.9 Å². The summed E-state index contributed by atoms with van der Waals surface area (Å²) in [5.41, 5.74) is 1.10. The van der Waals surface area contributed by atoms with Crippen molar-refractivity contribution in [2.45, 2.75) is 51.0 Å². The van der Waals surface area contributed by atoms with Gasteiger partial charge in [-0.15, -0.1) is 0 Å². The fraction of sp³-hybridized carbons (Fsp3) is 0.625. The van der Waals surface area contributed by atoms with Gasteiger partial charge in [0.15, 0.2) is 0 Å². The van der Waals surface area contributed by atoms with E-state index in [2.05, 4.69) is 20.4 Å². The number of hydrogen-bond donors (Lipinski definition) is 3. The number of carboxylic acids is 1. The van der Waals surface area contributed by atoms with Gasteiger partial charge in [-0.1, -0.05) is 0 Å². The highest BCUT2D eigenvalue weighted by atomic mass is 19.1. The molecule has 3 aliphatic rings. The first-order valence-electron chi connectivity index (χ1n) is 12.0. The molecule has 1 aromatic rings. The second-order valence-electron chi connectivity index (χ2n) is 9.59. The molecule has 1 saturated carbocycles. The lowest BCUT2D eigenvalue weighted by atomic mass is 9.80. The minimum atomic E-state index is -0.693. The van der Waals surface area contributed by atoms with Crippen molar-refractivity contribution in [3.63, 3.8) is 0 Å². The molecule has 2 heterocycles. The third-order valence-electron chi connectivity index (χ3n) is 7.19. The second kappa shape index (κ2) is 10.5. The number of rotatable bonds is 7. The van der Waals surface area contributed by atoms with Gasteiger partial charge in [0.05, 0.1) is 5.69 Å². The normalized spacial score (nSPS) is 26.7. The number of piperidine rings is 1. The van der Waals surface area contributed by atoms with Crippen molar-refractivity contribution >= 4 is 29.2 Å². The van der Waals surface area contributed by atoms with E-state index in [0.29, 0.717) is 36.1 Å². The Morgan fingerprint density at radius 1 is 1.06 bits per heavy atom. The largest absolute Gasteiger partial charge is 0.481 e. The summed E-state index contributed by atoms with van der Waals surface area (Å²) in [7, 11) is 0. The Balaban J connectivity index is 1.24. The fourth-order valence-corrected chi connectivity index (χ4v) is 5.29. The monoisotopic (exact) mass is 460 g/mol. The van der Waals surface area contributed by atoms with Crippen LogP contribution in [0.5, 0.6) is 0 Å². The topological polar surface area (TPSA) is 102 Å². The Hall–Kier alpha value is -2.68. The minimum absolute atomic E-state index is 0.274. The highest BCUT2D eigenvalue weighted by Crippen LogP contribution is 2.32. The molecule has 0 aromatic heterocycles. The van der Waals surface area contributed by atoms with Crippen LogP contribution in [0.3, 0.4) is 0 Å². The first-order chi connectivity index (χ1) is 15.9. The first kappa shape index (κ1) is 23.5. The highest BCUT2D eigenvalue weighted by molar-refractivity contribution is 6.01. The van der Waals surface area contributed by atoms with Crippen LogP contribution in [0.4, 0.5) is 15.8 Å². The molecule has 0 radical (unpaired) electrons. The Kier molecular flexibility index (Phi) is 7.47. The van der Waals surface area contributed by atoms with E-state index in [1.165, 1.54) is 6.07 Å². The molecule has 3 fully saturated rings. The molecule has 8 nitrogen and oxygen atoms in total. The standard InChI is InChI=1S/C24H33FN4O4/c25-19-14-18(26-20-6-8-22(30)27-24(20)33)5-7-21(19)29-11-9-28(10-12-29)15-17-3-1-16(2-4-17)13-23(31)32/h5,7,14,16-17,20,26H,1-4,6,8-13,15H2,(H,31,32)(H,27,30,33). The van der Waals surface area contributed by atoms with E-state index in [1.54, 1.807) is 12.1 Å². The fourth-order valence-electron chi connectivity index (χ4n) is 5.29. The maximum Gasteiger partial charge on any atom is 0.303 e. The SMILES string of the molecule is O=C(O)CC1CCC(CN2CCN(c3ccc(NC4CCC(=O)NC4=O)cc3F)CC2)CC1. The molecule has 2 aliphatic heterocycles. The number of halogens is 1. The molecule has 0 bridgehead atoms. The Morgan fingerprint density at radius 2 is 1.76 bits per heavy atom. The molecule has 1 aromatic carbocycles. The molecule has 0 spiro atoms. The van der Waals surface area contributed by atoms with Crippen LogP contribution in [0.2, 0.25) is 0 Å². The van der Waals surface area contributed by atoms with E-state index < -0.39 is 12.0 Å². The Bertz CT molecular complexity index is 879. The van der Waals surface area contributed by atoms with E-state index in [0.717, 1.165) is 58.4 Å². The van der Waals surface area contributed by atoms with Gasteiger partial charge < -0.3 is 15.3 Å². The quantitative estimate of drug-likeness (QED) is 0.537. The number of carbonyl (C=O) groups is 3. The second-order valence-corrected chi connectivity index (χ2v) is 9.59. The van der Waals surface area contributed by atoms with Crippen LogP contribution in [-0.4, -0.2) is 66.6 Å². The molecule has 2 saturated heterocycles. The van der Waals surface area contributed by atoms with Crippen LogP contribution in [0, 0.1) is 17.7 Å². The summed E-state index contributed by atoms with van der Waals surface area (Å²) in [6.07, 6.45) is 5.15. The summed E-state index contributed by atoms with van der Waals surface area (Å²) in [6.45, 7) is 4.30. The number of amides is 2. The lowest BCUT2D eigenvalue weighted by Gasteiger charge is -2.39. The van der Waals surface area contributed by atoms with Gasteiger partial charge in [-0.05, 0) is 62.1 Å². The molecule has 1 atom stereocenters. The number of imide groups is 1. The number of carbonyl (C=O) groups excluding carboxylic acids is 2. The van der Waals surface area contributed by atoms with E-state index in [1.807, 2.05) is 0 Å². The number of carboxylic acid groups (broad SMARTS) is 1. The lowest BCUT2D eigenvalue weighted by Crippen LogP contribution is -2.48. The molecular formula is C24H33FN4O4. The predicted octanol–water partition coefficient (Wildman–Crippen LogP) is 2.45. The molecule has 180 valence electrons. The van der Waals surface area contributed by atoms with E-state index in [4.69, 9.17) is 5.11 Å². The van der Waals surface area contributed by atoms with Crippen molar-refractivity contribution in [2.24, 2.45) is 11.8 Å². The predicted molar refractivity (Wildman–Crippen MR) is 123 cm³/mol. The van der Waals surface area contributed by atoms with Gasteiger partial charge in [0.25, 0.3) is 0 Å². The average molecular weight is 461 g/mol. The molecule has 3 N–H and O–H groups in total. The molecule has 2 amide bonds. The zero-order valence-electron chi connectivity index (χ0n) is 18.9. The van der Waals surface area contributed by atoms with Crippen LogP contribution in [0.1, 0.15) is 44.9 Å². The number of anilines is 2. The average Bonchev–Trinajstić information content (AvgIpc) is 2.78. The Morgan fingerprint density at radius 3 is 2.39 bits per heavy atom. The molecule has 33 heavy (non-hydrogen) atoms. The number of hydrogen-bond acceptors (Lipinski definition) is 6. The lowest BCUT2D eigenvalue weighted by molar-refractivity contribution is -0.138. The molecule has 4 rings (SSSR count). The number of nitrogens with one attached hydrogen (secondary N) is 2. The zero-order valence-corrected chi connectivity index (χ0v) is 18.9. The van der Waals surface area contributed by atoms with Crippen LogP contribution in [0.15, 0.2) is 18.2 Å². The van der Waals surface area contributed by atoms with Crippen molar-refractivity contribution in [3.8, 4) is 0 Å². The number of piperazine rings is 1. The summed E-state index contributed by atoms with van der Waals surface area (Å²) >= 11 is 0. The van der Waals surface area contributed by atoms with Crippen molar-refractivity contribution < 1.29 is 23.9 Å². The summed E-state index contributed by atoms with van der Waals surface area (Å²) in [5, 5.41) is 14.3. The van der Waals surface area contributed by atoms with Gasteiger partial charge in [-0.25, -0.2) is 4.39 Å². The number of benzene rings is 1. The van der Waals surface area contributed by atoms with Gasteiger partial charge in [-0.3, -0.25) is 24.6 Å². The molecule has 9 heteroatoms. The van der Waals surface area contributed by atoms with Crippen LogP contribution in [-0.2, 0) is 14.4 Å². The van der Waals surface area contributed by atoms with Crippen LogP contribution in [0.25, 0.3) is 0 Å². The van der Waals surface area contributed by atoms with Crippen LogP contribution >= 0.6 is 0 Å². The third kappa shape index (κ3) is 6.22. The third-order valence-corrected chi connectivity index (χ3v) is 7.19. The van der Waals surface area contributed by atoms with Crippen LogP contribution < -0.4 is 15.5 Å². The smallest absolute Gasteiger partial charge is 0.303 e. The number of nitrogens with zero attached hydrogens (tertiary/aromatic N) is 2. The zero-order chi connectivity index (χ0) is 23.4. The van der Waals surface area contributed by atoms with Crippen molar-refractivity contribution in [1.82, 2.24) is 10.2 Å². The van der Waals surface area contributed by atoms with Gasteiger partial charge in [-0.2, -0.15) is 0 Å². The first-order valence-corrected chi connectivity index (χ1v) is 12.0. The summed E-state index contributed by atoms with van der Waals surface area (Å²) in [4.78, 5) is 38.6. The number of aliphatic carboxylic acids is 1. The summed E-state index contributed by atoms with van der Waals surface area (Å²) < 4.78 is 14.9. The highest BCUT2D eigenvalue weighted by Gasteiger charge is 2.28. The van der Waals surface area contributed by atoms with Gasteiger partial charge in [0, 0.05) is 51.3 Å². The molecule has 1 aliphatic carbocycles. The summed E-state index contributed by atoms with van der Waals surface area (Å²) in [6, 6.07) is 4.42. The van der Waals surface area contributed by atoms with E-state index in [9.17, 15) is 18.8 Å². The molecular weight excluding hydrogens is 427 g/mol. The van der Waals surface area contributed by atoms with Crippen molar-refractivity contribution in [1.29, 1.82) is 0 Å². The summed E-state index contributed by atoms with van der Waals surface area (Å²) in [5.74, 6) is -0.715. The van der Waals surface area contributed by atoms with E-state index >= 15 is 0 Å². The van der Waals surface area contributed by atoms with Crippen molar-refractivity contribution in [2.75, 3.05) is 42.9 Å². The maximum absolute atomic E-state index is 14.9. The van der Waals surface area contributed by atoms with Gasteiger partial charge in [0.2, 0.25) is 11.8 Å². The molecule has 1 unspecified atom stereocenters. The van der Waals surface area contributed by atoms with E-state index in [-0.39, 0.29) is 24.1 Å².